The van der Waals surface area contributed by atoms with Crippen molar-refractivity contribution in [3.8, 4) is 12.3 Å². The van der Waals surface area contributed by atoms with E-state index in [4.69, 9.17) is 15.9 Å². The molecule has 136 valence electrons. The van der Waals surface area contributed by atoms with Gasteiger partial charge in [0, 0.05) is 23.9 Å². The van der Waals surface area contributed by atoms with Crippen LogP contribution in [0.15, 0.2) is 27.3 Å². The maximum absolute atomic E-state index is 12.0. The smallest absolute Gasteiger partial charge is 0.331 e. The average molecular weight is 384 g/mol. The Hall–Kier alpha value is -1.76. The fraction of sp³-hybridized carbons (Fsp3) is 0.500. The van der Waals surface area contributed by atoms with Crippen molar-refractivity contribution in [2.24, 2.45) is 0 Å². The number of rotatable bonds is 9. The number of hydrogen-bond acceptors (Lipinski definition) is 7. The van der Waals surface area contributed by atoms with Gasteiger partial charge in [-0.05, 0) is 13.3 Å². The molecular formula is C16H20N2O5S2. The van der Waals surface area contributed by atoms with Gasteiger partial charge in [-0.25, -0.2) is 4.79 Å². The number of aryl methyl sites for hydroxylation is 1. The first-order valence-corrected chi connectivity index (χ1v) is 10.2. The molecule has 0 unspecified atom stereocenters. The van der Waals surface area contributed by atoms with Crippen LogP contribution in [-0.4, -0.2) is 33.0 Å². The molecular weight excluding hydrogens is 364 g/mol. The van der Waals surface area contributed by atoms with Gasteiger partial charge in [-0.2, -0.15) is 0 Å². The Morgan fingerprint density at radius 2 is 2.32 bits per heavy atom. The summed E-state index contributed by atoms with van der Waals surface area (Å²) < 4.78 is 12.6. The van der Waals surface area contributed by atoms with E-state index in [0.717, 1.165) is 18.6 Å². The zero-order chi connectivity index (χ0) is 18.2. The fourth-order valence-corrected chi connectivity index (χ4v) is 3.88. The van der Waals surface area contributed by atoms with Crippen molar-refractivity contribution in [2.45, 2.75) is 32.4 Å². The average Bonchev–Trinajstić information content (AvgIpc) is 3.00. The highest BCUT2D eigenvalue weighted by molar-refractivity contribution is 8.76. The number of aromatic amines is 1. The Morgan fingerprint density at radius 1 is 1.52 bits per heavy atom. The highest BCUT2D eigenvalue weighted by Crippen LogP contribution is 2.33. The molecule has 1 aromatic heterocycles. The molecule has 1 atom stereocenters. The lowest BCUT2D eigenvalue weighted by molar-refractivity contribution is 0.0590. The Morgan fingerprint density at radius 3 is 3.04 bits per heavy atom. The molecule has 25 heavy (non-hydrogen) atoms. The van der Waals surface area contributed by atoms with Crippen LogP contribution >= 0.6 is 21.6 Å². The number of nitrogens with one attached hydrogen (secondary N) is 1. The van der Waals surface area contributed by atoms with E-state index in [9.17, 15) is 14.7 Å². The largest absolute Gasteiger partial charge is 0.483 e. The van der Waals surface area contributed by atoms with Crippen molar-refractivity contribution < 1.29 is 14.6 Å². The summed E-state index contributed by atoms with van der Waals surface area (Å²) in [5.41, 5.74) is -0.580. The van der Waals surface area contributed by atoms with Crippen LogP contribution in [0.4, 0.5) is 0 Å². The molecule has 1 aliphatic rings. The van der Waals surface area contributed by atoms with E-state index >= 15 is 0 Å². The zero-order valence-electron chi connectivity index (χ0n) is 13.8. The second kappa shape index (κ2) is 9.65. The Labute approximate surface area is 153 Å². The summed E-state index contributed by atoms with van der Waals surface area (Å²) in [5, 5.41) is 9.43. The van der Waals surface area contributed by atoms with Crippen molar-refractivity contribution in [3.05, 3.63) is 44.1 Å². The number of terminal acetylenes is 1. The van der Waals surface area contributed by atoms with Crippen molar-refractivity contribution in [2.75, 3.05) is 18.3 Å². The summed E-state index contributed by atoms with van der Waals surface area (Å²) in [4.78, 5) is 25.6. The van der Waals surface area contributed by atoms with Gasteiger partial charge in [0.1, 0.15) is 18.3 Å². The van der Waals surface area contributed by atoms with Crippen molar-refractivity contribution >= 4 is 21.6 Å². The molecule has 1 aromatic rings. The minimum absolute atomic E-state index is 0.304. The summed E-state index contributed by atoms with van der Waals surface area (Å²) in [6.45, 7) is 1.29. The van der Waals surface area contributed by atoms with E-state index in [0.29, 0.717) is 29.4 Å². The lowest BCUT2D eigenvalue weighted by Crippen LogP contribution is -2.33. The highest BCUT2D eigenvalue weighted by atomic mass is 33.1. The number of ether oxygens (including phenoxy) is 2. The van der Waals surface area contributed by atoms with Gasteiger partial charge in [0.15, 0.2) is 12.0 Å². The van der Waals surface area contributed by atoms with Crippen LogP contribution in [0, 0.1) is 19.3 Å². The molecule has 0 bridgehead atoms. The van der Waals surface area contributed by atoms with Crippen LogP contribution < -0.4 is 11.2 Å². The summed E-state index contributed by atoms with van der Waals surface area (Å²) in [6.07, 6.45) is 8.02. The van der Waals surface area contributed by atoms with Gasteiger partial charge >= 0.3 is 5.69 Å². The topological polar surface area (TPSA) is 93.5 Å². The van der Waals surface area contributed by atoms with Gasteiger partial charge in [0.05, 0.1) is 6.42 Å². The molecule has 7 nitrogen and oxygen atoms in total. The molecule has 0 radical (unpaired) electrons. The van der Waals surface area contributed by atoms with Crippen LogP contribution in [0.2, 0.25) is 0 Å². The number of hydrogen-bond donors (Lipinski definition) is 2. The standard InChI is InChI=1S/C16H20N2O5S2/c1-3-4-5-6-24-25-10-22-12-7-14(23-13(12)9-19)18-8-11(2)15(20)17-16(18)21/h1,8,14,19H,4-7,9-10H2,2H3,(H,17,20,21)/t14-/m1/s1. The molecule has 0 amide bonds. The minimum Gasteiger partial charge on any atom is -0.483 e. The third-order valence-electron chi connectivity index (χ3n) is 3.46. The number of nitrogens with zero attached hydrogens (tertiary/aromatic N) is 1. The molecule has 0 saturated heterocycles. The van der Waals surface area contributed by atoms with Gasteiger partial charge in [0.25, 0.3) is 5.56 Å². The third-order valence-corrected chi connectivity index (χ3v) is 5.59. The highest BCUT2D eigenvalue weighted by Gasteiger charge is 2.29. The van der Waals surface area contributed by atoms with Crippen molar-refractivity contribution in [3.63, 3.8) is 0 Å². The second-order valence-corrected chi connectivity index (χ2v) is 7.80. The van der Waals surface area contributed by atoms with Crippen LogP contribution in [0.1, 0.15) is 31.1 Å². The predicted octanol–water partition coefficient (Wildman–Crippen LogP) is 1.74. The maximum atomic E-state index is 12.0. The van der Waals surface area contributed by atoms with E-state index in [1.54, 1.807) is 28.5 Å². The molecule has 0 aliphatic carbocycles. The van der Waals surface area contributed by atoms with Crippen molar-refractivity contribution in [1.82, 2.24) is 9.55 Å². The molecule has 2 N–H and O–H groups in total. The third kappa shape index (κ3) is 5.36. The Kier molecular flexibility index (Phi) is 7.55. The normalized spacial score (nSPS) is 16.6. The molecule has 1 aliphatic heterocycles. The number of H-pyrrole nitrogens is 1. The summed E-state index contributed by atoms with van der Waals surface area (Å²) in [6, 6.07) is 0. The SMILES string of the molecule is C#CCCCSSCOC1=C(CO)O[C@@H](n2cc(C)c(=O)[nH]c2=O)C1. The van der Waals surface area contributed by atoms with Gasteiger partial charge in [-0.15, -0.1) is 12.3 Å². The van der Waals surface area contributed by atoms with E-state index in [2.05, 4.69) is 10.9 Å². The van der Waals surface area contributed by atoms with Gasteiger partial charge in [-0.1, -0.05) is 21.6 Å². The molecule has 0 fully saturated rings. The van der Waals surface area contributed by atoms with E-state index < -0.39 is 17.5 Å². The number of aromatic nitrogens is 2. The molecule has 0 spiro atoms. The number of unbranched alkanes of at least 4 members (excludes halogenated alkanes) is 1. The number of aliphatic hydroxyl groups is 1. The maximum Gasteiger partial charge on any atom is 0.331 e. The van der Waals surface area contributed by atoms with Crippen molar-refractivity contribution in [1.29, 1.82) is 0 Å². The summed E-state index contributed by atoms with van der Waals surface area (Å²) in [5.74, 6) is 4.75. The quantitative estimate of drug-likeness (QED) is 0.290. The van der Waals surface area contributed by atoms with Crippen LogP contribution in [0.25, 0.3) is 0 Å². The first-order chi connectivity index (χ1) is 12.1. The van der Waals surface area contributed by atoms with E-state index in [1.807, 2.05) is 0 Å². The van der Waals surface area contributed by atoms with Gasteiger partial charge < -0.3 is 14.6 Å². The number of aliphatic hydroxyl groups excluding tert-OH is 1. The molecule has 2 rings (SSSR count). The molecule has 0 aromatic carbocycles. The molecule has 9 heteroatoms. The first kappa shape index (κ1) is 19.6. The van der Waals surface area contributed by atoms with Crippen LogP contribution in [0.3, 0.4) is 0 Å². The summed E-state index contributed by atoms with van der Waals surface area (Å²) in [7, 11) is 3.21. The van der Waals surface area contributed by atoms with Gasteiger partial charge in [-0.3, -0.25) is 14.3 Å². The van der Waals surface area contributed by atoms with E-state index in [1.165, 1.54) is 10.8 Å². The first-order valence-electron chi connectivity index (χ1n) is 7.69. The zero-order valence-corrected chi connectivity index (χ0v) is 15.5. The lowest BCUT2D eigenvalue weighted by atomic mass is 10.3. The fourth-order valence-electron chi connectivity index (χ4n) is 2.19. The predicted molar refractivity (Wildman–Crippen MR) is 99.0 cm³/mol. The summed E-state index contributed by atoms with van der Waals surface area (Å²) >= 11 is 0. The molecule has 2 heterocycles. The second-order valence-electron chi connectivity index (χ2n) is 5.27. The lowest BCUT2D eigenvalue weighted by Gasteiger charge is -2.14. The minimum atomic E-state index is -0.645. The van der Waals surface area contributed by atoms with Crippen LogP contribution in [-0.2, 0) is 9.47 Å². The monoisotopic (exact) mass is 384 g/mol. The Balaban J connectivity index is 1.91. The molecule has 0 saturated carbocycles. The van der Waals surface area contributed by atoms with Crippen LogP contribution in [0.5, 0.6) is 0 Å². The van der Waals surface area contributed by atoms with Gasteiger partial charge in [0.2, 0.25) is 0 Å². The Bertz CT molecular complexity index is 778. The van der Waals surface area contributed by atoms with E-state index in [-0.39, 0.29) is 6.61 Å².